The molecule has 3 fully saturated rings. The van der Waals surface area contributed by atoms with Crippen LogP contribution in [0, 0.1) is 25.7 Å². The lowest BCUT2D eigenvalue weighted by Gasteiger charge is -2.39. The quantitative estimate of drug-likeness (QED) is 0.163. The molecule has 3 heterocycles. The Balaban J connectivity index is 1.39. The second-order valence-electron chi connectivity index (χ2n) is 13.9. The van der Waals surface area contributed by atoms with Crippen LogP contribution >= 0.6 is 0 Å². The van der Waals surface area contributed by atoms with Gasteiger partial charge in [0.1, 0.15) is 17.7 Å². The molecule has 3 amide bonds. The van der Waals surface area contributed by atoms with Crippen molar-refractivity contribution in [3.05, 3.63) is 126 Å². The highest BCUT2D eigenvalue weighted by Crippen LogP contribution is 2.60. The van der Waals surface area contributed by atoms with Crippen LogP contribution in [0.1, 0.15) is 60.1 Å². The van der Waals surface area contributed by atoms with E-state index in [1.807, 2.05) is 92.7 Å². The van der Waals surface area contributed by atoms with Crippen molar-refractivity contribution in [1.29, 1.82) is 0 Å². The summed E-state index contributed by atoms with van der Waals surface area (Å²) in [6.45, 7) is 11.2. The van der Waals surface area contributed by atoms with Crippen molar-refractivity contribution in [2.75, 3.05) is 24.6 Å². The van der Waals surface area contributed by atoms with Gasteiger partial charge in [-0.3, -0.25) is 19.2 Å². The average molecular weight is 706 g/mol. The van der Waals surface area contributed by atoms with Gasteiger partial charge in [-0.25, -0.2) is 0 Å². The number of aliphatic hydroxyl groups excluding tert-OH is 1. The lowest BCUT2D eigenvalue weighted by atomic mass is 9.70. The first-order chi connectivity index (χ1) is 25.1. The molecule has 3 aliphatic heterocycles. The molecule has 3 saturated heterocycles. The molecule has 10 nitrogen and oxygen atoms in total. The summed E-state index contributed by atoms with van der Waals surface area (Å²) in [5.74, 6) is -3.70. The van der Waals surface area contributed by atoms with Gasteiger partial charge < -0.3 is 29.7 Å². The van der Waals surface area contributed by atoms with E-state index in [4.69, 9.17) is 9.47 Å². The Kier molecular flexibility index (Phi) is 11.1. The first kappa shape index (κ1) is 36.7. The van der Waals surface area contributed by atoms with Gasteiger partial charge in [-0.2, -0.15) is 0 Å². The fourth-order valence-electron chi connectivity index (χ4n) is 8.24. The van der Waals surface area contributed by atoms with Gasteiger partial charge in [-0.1, -0.05) is 84.9 Å². The number of esters is 1. The maximum atomic E-state index is 15.2. The Labute approximate surface area is 305 Å². The molecule has 6 rings (SSSR count). The Morgan fingerprint density at radius 1 is 1.04 bits per heavy atom. The van der Waals surface area contributed by atoms with Crippen molar-refractivity contribution in [2.24, 2.45) is 11.8 Å². The summed E-state index contributed by atoms with van der Waals surface area (Å²) in [7, 11) is 0. The molecule has 7 atom stereocenters. The van der Waals surface area contributed by atoms with Gasteiger partial charge in [0.2, 0.25) is 11.8 Å². The average Bonchev–Trinajstić information content (AvgIpc) is 3.81. The minimum absolute atomic E-state index is 0.0356. The highest BCUT2D eigenvalue weighted by molar-refractivity contribution is 6.05. The number of hydrogen-bond acceptors (Lipinski definition) is 7. The smallest absolute Gasteiger partial charge is 0.313 e. The van der Waals surface area contributed by atoms with Crippen LogP contribution in [0.2, 0.25) is 0 Å². The van der Waals surface area contributed by atoms with Gasteiger partial charge >= 0.3 is 5.97 Å². The van der Waals surface area contributed by atoms with Crippen molar-refractivity contribution in [1.82, 2.24) is 10.2 Å². The molecule has 0 aromatic heterocycles. The predicted octanol–water partition coefficient (Wildman–Crippen LogP) is 5.30. The Bertz CT molecular complexity index is 1810. The van der Waals surface area contributed by atoms with E-state index in [0.717, 1.165) is 11.1 Å². The number of nitrogens with zero attached hydrogens (tertiary/aromatic N) is 2. The van der Waals surface area contributed by atoms with Gasteiger partial charge in [0, 0.05) is 18.7 Å². The third-order valence-corrected chi connectivity index (χ3v) is 10.7. The largest absolute Gasteiger partial charge is 0.455 e. The van der Waals surface area contributed by atoms with Gasteiger partial charge in [-0.05, 0) is 61.4 Å². The van der Waals surface area contributed by atoms with Crippen LogP contribution in [-0.4, -0.2) is 71.1 Å². The molecular weight excluding hydrogens is 658 g/mol. The second-order valence-corrected chi connectivity index (χ2v) is 13.9. The highest BCUT2D eigenvalue weighted by atomic mass is 16.6. The van der Waals surface area contributed by atoms with Crippen LogP contribution in [0.4, 0.5) is 5.69 Å². The van der Waals surface area contributed by atoms with Crippen LogP contribution in [0.25, 0.3) is 0 Å². The Morgan fingerprint density at radius 2 is 1.73 bits per heavy atom. The molecule has 0 unspecified atom stereocenters. The summed E-state index contributed by atoms with van der Waals surface area (Å²) >= 11 is 0. The van der Waals surface area contributed by atoms with Crippen LogP contribution in [0.3, 0.4) is 0 Å². The number of carbonyl (C=O) groups is 4. The number of likely N-dealkylation sites (tertiary alicyclic amines) is 1. The fourth-order valence-corrected chi connectivity index (χ4v) is 8.24. The molecule has 0 aliphatic carbocycles. The number of rotatable bonds is 15. The number of carbonyl (C=O) groups excluding carboxylic acids is 4. The predicted molar refractivity (Wildman–Crippen MR) is 197 cm³/mol. The normalized spacial score (nSPS) is 24.1. The second kappa shape index (κ2) is 15.7. The van der Waals surface area contributed by atoms with E-state index in [1.165, 1.54) is 4.90 Å². The topological polar surface area (TPSA) is 125 Å². The lowest BCUT2D eigenvalue weighted by Crippen LogP contribution is -2.57. The SMILES string of the molecule is C=CCCC(=O)NC[C@H](OC(=O)[C@@H]1[C@H]2C(=O)N([C@H](CO)c3ccccc3)[C@H](C(=O)N(CC=C)c3cc(C)ccc3C)[C@]23CC[C@H]1O3)c1ccccc1. The maximum Gasteiger partial charge on any atom is 0.313 e. The first-order valence-corrected chi connectivity index (χ1v) is 17.9. The molecular formula is C42H47N3O7. The van der Waals surface area contributed by atoms with Crippen molar-refractivity contribution < 1.29 is 33.8 Å². The van der Waals surface area contributed by atoms with Crippen LogP contribution in [-0.2, 0) is 28.7 Å². The number of benzene rings is 3. The summed E-state index contributed by atoms with van der Waals surface area (Å²) in [4.78, 5) is 60.1. The Morgan fingerprint density at radius 3 is 2.38 bits per heavy atom. The summed E-state index contributed by atoms with van der Waals surface area (Å²) < 4.78 is 12.9. The van der Waals surface area contributed by atoms with Crippen LogP contribution in [0.15, 0.2) is 104 Å². The molecule has 10 heteroatoms. The van der Waals surface area contributed by atoms with E-state index < -0.39 is 60.2 Å². The van der Waals surface area contributed by atoms with Crippen LogP contribution < -0.4 is 10.2 Å². The number of aryl methyl sites for hydroxylation is 2. The number of anilines is 1. The molecule has 3 aliphatic rings. The zero-order valence-corrected chi connectivity index (χ0v) is 29.8. The number of aliphatic hydroxyl groups is 1. The maximum absolute atomic E-state index is 15.2. The van der Waals surface area contributed by atoms with Gasteiger partial charge in [-0.15, -0.1) is 13.2 Å². The van der Waals surface area contributed by atoms with Crippen molar-refractivity contribution in [2.45, 2.75) is 69.4 Å². The first-order valence-electron chi connectivity index (χ1n) is 17.9. The Hall–Kier alpha value is -5.06. The number of allylic oxidation sites excluding steroid dienone is 1. The number of nitrogens with one attached hydrogen (secondary N) is 1. The minimum Gasteiger partial charge on any atom is -0.455 e. The molecule has 3 aromatic carbocycles. The third kappa shape index (κ3) is 6.80. The summed E-state index contributed by atoms with van der Waals surface area (Å²) in [5.41, 5.74) is 2.50. The lowest BCUT2D eigenvalue weighted by molar-refractivity contribution is -0.161. The van der Waals surface area contributed by atoms with E-state index in [-0.39, 0.29) is 31.3 Å². The summed E-state index contributed by atoms with van der Waals surface area (Å²) in [5, 5.41) is 13.8. The standard InChI is InChI=1S/C42H47N3O7/c1-5-7-18-35(47)43-25-34(30-16-12-9-13-17-30)51-41(50)36-33-21-22-42(52-33)37(36)39(48)45(32(26-46)29-14-10-8-11-15-29)38(42)40(49)44(23-6-2)31-24-27(3)19-20-28(31)4/h5-6,8-17,19-20,24,32-34,36-38,46H,1-2,7,18,21-23,25-26H2,3-4H3,(H,43,47)/t32-,33-,34+,36+,37+,38-,42+/m1/s1. The number of ether oxygens (including phenoxy) is 2. The molecule has 52 heavy (non-hydrogen) atoms. The molecule has 272 valence electrons. The van der Waals surface area contributed by atoms with E-state index in [0.29, 0.717) is 36.1 Å². The summed E-state index contributed by atoms with van der Waals surface area (Å²) in [6.07, 6.45) is 3.39. The van der Waals surface area contributed by atoms with E-state index in [9.17, 15) is 19.5 Å². The number of hydrogen-bond donors (Lipinski definition) is 2. The van der Waals surface area contributed by atoms with Crippen LogP contribution in [0.5, 0.6) is 0 Å². The molecule has 0 radical (unpaired) electrons. The molecule has 0 saturated carbocycles. The molecule has 2 bridgehead atoms. The monoisotopic (exact) mass is 705 g/mol. The van der Waals surface area contributed by atoms with Crippen molar-refractivity contribution in [3.8, 4) is 0 Å². The van der Waals surface area contributed by atoms with Gasteiger partial charge in [0.05, 0.1) is 37.1 Å². The van der Waals surface area contributed by atoms with Gasteiger partial charge in [0.15, 0.2) is 0 Å². The van der Waals surface area contributed by atoms with E-state index in [2.05, 4.69) is 18.5 Å². The zero-order chi connectivity index (χ0) is 37.0. The van der Waals surface area contributed by atoms with E-state index in [1.54, 1.807) is 17.1 Å². The van der Waals surface area contributed by atoms with Crippen molar-refractivity contribution >= 4 is 29.4 Å². The van der Waals surface area contributed by atoms with Gasteiger partial charge in [0.25, 0.3) is 5.91 Å². The zero-order valence-electron chi connectivity index (χ0n) is 29.8. The molecule has 3 aromatic rings. The summed E-state index contributed by atoms with van der Waals surface area (Å²) in [6, 6.07) is 22.0. The third-order valence-electron chi connectivity index (χ3n) is 10.7. The number of fused-ring (bicyclic) bond motifs is 1. The minimum atomic E-state index is -1.34. The van der Waals surface area contributed by atoms with Crippen molar-refractivity contribution in [3.63, 3.8) is 0 Å². The molecule has 2 N–H and O–H groups in total. The number of amides is 3. The molecule has 1 spiro atoms. The van der Waals surface area contributed by atoms with E-state index >= 15 is 4.79 Å². The fraction of sp³-hybridized carbons (Fsp3) is 0.381. The highest BCUT2D eigenvalue weighted by Gasteiger charge is 2.76.